The van der Waals surface area contributed by atoms with Gasteiger partial charge in [-0.15, -0.1) is 0 Å². The first kappa shape index (κ1) is 16.7. The highest BCUT2D eigenvalue weighted by atomic mass is 32.1. The summed E-state index contributed by atoms with van der Waals surface area (Å²) >= 11 is 1.68. The average Bonchev–Trinajstić information content (AvgIpc) is 2.99. The second-order valence-corrected chi connectivity index (χ2v) is 8.00. The van der Waals surface area contributed by atoms with E-state index in [-0.39, 0.29) is 5.91 Å². The molecule has 2 aliphatic rings. The van der Waals surface area contributed by atoms with E-state index >= 15 is 0 Å². The Morgan fingerprint density at radius 2 is 2.32 bits per heavy atom. The van der Waals surface area contributed by atoms with Crippen molar-refractivity contribution in [3.8, 4) is 0 Å². The van der Waals surface area contributed by atoms with Crippen LogP contribution in [0.2, 0.25) is 0 Å². The Morgan fingerprint density at radius 3 is 3.00 bits per heavy atom. The van der Waals surface area contributed by atoms with E-state index < -0.39 is 0 Å². The van der Waals surface area contributed by atoms with E-state index in [1.165, 1.54) is 18.4 Å². The minimum atomic E-state index is 0.197. The molecule has 1 aliphatic carbocycles. The molecule has 134 valence electrons. The van der Waals surface area contributed by atoms with E-state index in [0.29, 0.717) is 42.6 Å². The number of thiophene rings is 1. The van der Waals surface area contributed by atoms with Crippen molar-refractivity contribution in [1.29, 1.82) is 0 Å². The summed E-state index contributed by atoms with van der Waals surface area (Å²) < 4.78 is 5.15. The number of hydrogen-bond acceptors (Lipinski definition) is 6. The van der Waals surface area contributed by atoms with Gasteiger partial charge in [0.15, 0.2) is 5.82 Å². The van der Waals surface area contributed by atoms with Crippen molar-refractivity contribution in [2.45, 2.75) is 51.6 Å². The third-order valence-corrected chi connectivity index (χ3v) is 6.23. The number of rotatable bonds is 6. The minimum Gasteiger partial charge on any atom is -0.339 e. The largest absolute Gasteiger partial charge is 0.339 e. The van der Waals surface area contributed by atoms with Gasteiger partial charge in [-0.1, -0.05) is 5.16 Å². The predicted octanol–water partition coefficient (Wildman–Crippen LogP) is 2.54. The molecule has 1 saturated heterocycles. The van der Waals surface area contributed by atoms with E-state index in [2.05, 4.69) is 37.2 Å². The fourth-order valence-electron chi connectivity index (χ4n) is 3.98. The number of carbonyl (C=O) groups excluding carboxylic acids is 1. The Bertz CT molecular complexity index is 721. The maximum absolute atomic E-state index is 13.0. The summed E-state index contributed by atoms with van der Waals surface area (Å²) in [6, 6.07) is 2.50. The van der Waals surface area contributed by atoms with Crippen LogP contribution >= 0.6 is 11.3 Å². The molecule has 0 unspecified atom stereocenters. The van der Waals surface area contributed by atoms with E-state index in [1.807, 2.05) is 0 Å². The third kappa shape index (κ3) is 3.62. The molecule has 1 amide bonds. The smallest absolute Gasteiger partial charge is 0.227 e. The second-order valence-electron chi connectivity index (χ2n) is 7.22. The molecule has 1 N–H and O–H groups in total. The van der Waals surface area contributed by atoms with Gasteiger partial charge in [0.05, 0.1) is 0 Å². The molecule has 2 fully saturated rings. The Kier molecular flexibility index (Phi) is 4.60. The van der Waals surface area contributed by atoms with Crippen LogP contribution in [-0.2, 0) is 17.8 Å². The van der Waals surface area contributed by atoms with Crippen LogP contribution in [0.1, 0.15) is 43.0 Å². The Hall–Kier alpha value is -1.73. The molecular formula is C18H24N4O2S. The first-order chi connectivity index (χ1) is 12.2. The lowest BCUT2D eigenvalue weighted by molar-refractivity contribution is -0.133. The molecule has 0 bridgehead atoms. The van der Waals surface area contributed by atoms with Crippen molar-refractivity contribution in [1.82, 2.24) is 20.4 Å². The molecule has 0 radical (unpaired) electrons. The van der Waals surface area contributed by atoms with Gasteiger partial charge in [-0.3, -0.25) is 4.79 Å². The maximum atomic E-state index is 13.0. The highest BCUT2D eigenvalue weighted by molar-refractivity contribution is 7.07. The first-order valence-electron chi connectivity index (χ1n) is 8.97. The zero-order valence-corrected chi connectivity index (χ0v) is 15.3. The lowest BCUT2D eigenvalue weighted by Gasteiger charge is -2.29. The summed E-state index contributed by atoms with van der Waals surface area (Å²) in [5, 5.41) is 11.4. The maximum Gasteiger partial charge on any atom is 0.227 e. The van der Waals surface area contributed by atoms with Crippen molar-refractivity contribution in [2.75, 3.05) is 13.1 Å². The molecule has 2 aromatic heterocycles. The molecule has 3 heterocycles. The number of aromatic nitrogens is 2. The average molecular weight is 360 g/mol. The molecule has 4 rings (SSSR count). The van der Waals surface area contributed by atoms with Gasteiger partial charge < -0.3 is 14.7 Å². The summed E-state index contributed by atoms with van der Waals surface area (Å²) in [5.74, 6) is 1.37. The van der Waals surface area contributed by atoms with E-state index in [0.717, 1.165) is 19.5 Å². The minimum absolute atomic E-state index is 0.197. The molecule has 1 aliphatic heterocycles. The van der Waals surface area contributed by atoms with Gasteiger partial charge in [0.2, 0.25) is 11.8 Å². The first-order valence-corrected chi connectivity index (χ1v) is 9.91. The normalized spacial score (nSPS) is 21.4. The molecule has 2 aromatic rings. The molecule has 1 saturated carbocycles. The van der Waals surface area contributed by atoms with Crippen molar-refractivity contribution in [2.24, 2.45) is 5.41 Å². The number of amides is 1. The topological polar surface area (TPSA) is 71.3 Å². The summed E-state index contributed by atoms with van der Waals surface area (Å²) in [5.41, 5.74) is 1.57. The van der Waals surface area contributed by atoms with Gasteiger partial charge in [0.25, 0.3) is 0 Å². The van der Waals surface area contributed by atoms with Gasteiger partial charge in [-0.05, 0) is 67.1 Å². The number of nitrogens with zero attached hydrogens (tertiary/aromatic N) is 3. The van der Waals surface area contributed by atoms with Crippen molar-refractivity contribution < 1.29 is 9.32 Å². The van der Waals surface area contributed by atoms with E-state index in [4.69, 9.17) is 4.52 Å². The SMILES string of the molecule is Cc1noc(CCC(=O)N(Cc2ccsc2)[C@H]2CC23CCNCC3)n1. The van der Waals surface area contributed by atoms with E-state index in [1.54, 1.807) is 18.3 Å². The van der Waals surface area contributed by atoms with Crippen LogP contribution in [0.4, 0.5) is 0 Å². The van der Waals surface area contributed by atoms with Crippen molar-refractivity contribution in [3.05, 3.63) is 34.1 Å². The van der Waals surface area contributed by atoms with Gasteiger partial charge in [-0.2, -0.15) is 16.3 Å². The van der Waals surface area contributed by atoms with Crippen LogP contribution in [0, 0.1) is 12.3 Å². The van der Waals surface area contributed by atoms with Crippen molar-refractivity contribution in [3.63, 3.8) is 0 Å². The molecule has 6 nitrogen and oxygen atoms in total. The van der Waals surface area contributed by atoms with Gasteiger partial charge in [-0.25, -0.2) is 0 Å². The van der Waals surface area contributed by atoms with Gasteiger partial charge in [0, 0.05) is 25.4 Å². The monoisotopic (exact) mass is 360 g/mol. The fourth-order valence-corrected chi connectivity index (χ4v) is 4.64. The lowest BCUT2D eigenvalue weighted by atomic mass is 9.93. The van der Waals surface area contributed by atoms with Crippen LogP contribution in [0.5, 0.6) is 0 Å². The zero-order valence-electron chi connectivity index (χ0n) is 14.5. The Morgan fingerprint density at radius 1 is 1.48 bits per heavy atom. The zero-order chi connectivity index (χ0) is 17.3. The van der Waals surface area contributed by atoms with Gasteiger partial charge in [0.1, 0.15) is 0 Å². The lowest BCUT2D eigenvalue weighted by Crippen LogP contribution is -2.39. The summed E-state index contributed by atoms with van der Waals surface area (Å²) in [6.07, 6.45) is 4.43. The second kappa shape index (κ2) is 6.88. The van der Waals surface area contributed by atoms with Crippen LogP contribution in [0.15, 0.2) is 21.3 Å². The van der Waals surface area contributed by atoms with E-state index in [9.17, 15) is 4.79 Å². The van der Waals surface area contributed by atoms with Crippen LogP contribution in [-0.4, -0.2) is 40.1 Å². The summed E-state index contributed by atoms with van der Waals surface area (Å²) in [6.45, 7) is 4.64. The van der Waals surface area contributed by atoms with Crippen molar-refractivity contribution >= 4 is 17.2 Å². The van der Waals surface area contributed by atoms with Crippen LogP contribution < -0.4 is 5.32 Å². The molecule has 1 atom stereocenters. The van der Waals surface area contributed by atoms with Gasteiger partial charge >= 0.3 is 0 Å². The summed E-state index contributed by atoms with van der Waals surface area (Å²) in [7, 11) is 0. The summed E-state index contributed by atoms with van der Waals surface area (Å²) in [4.78, 5) is 19.3. The fraction of sp³-hybridized carbons (Fsp3) is 0.611. The molecule has 25 heavy (non-hydrogen) atoms. The number of nitrogens with one attached hydrogen (secondary N) is 1. The standard InChI is InChI=1S/C18H24N4O2S/c1-13-20-16(24-21-13)2-3-17(23)22(11-14-4-9-25-12-14)15-10-18(15)5-7-19-8-6-18/h4,9,12,15,19H,2-3,5-8,10-11H2,1H3/t15-/m0/s1. The predicted molar refractivity (Wildman–Crippen MR) is 95.2 cm³/mol. The molecular weight excluding hydrogens is 336 g/mol. The Labute approximate surface area is 151 Å². The molecule has 7 heteroatoms. The number of hydrogen-bond donors (Lipinski definition) is 1. The highest BCUT2D eigenvalue weighted by Crippen LogP contribution is 2.56. The number of aryl methyl sites for hydroxylation is 2. The van der Waals surface area contributed by atoms with Crippen LogP contribution in [0.3, 0.4) is 0 Å². The molecule has 1 spiro atoms. The quantitative estimate of drug-likeness (QED) is 0.857. The number of piperidine rings is 1. The third-order valence-electron chi connectivity index (χ3n) is 5.50. The highest BCUT2D eigenvalue weighted by Gasteiger charge is 2.57. The number of carbonyl (C=O) groups is 1. The Balaban J connectivity index is 1.44. The van der Waals surface area contributed by atoms with Crippen LogP contribution in [0.25, 0.3) is 0 Å². The molecule has 0 aromatic carbocycles.